The van der Waals surface area contributed by atoms with E-state index in [1.807, 2.05) is 0 Å². The molecule has 0 fully saturated rings. The van der Waals surface area contributed by atoms with Crippen LogP contribution in [0.25, 0.3) is 0 Å². The summed E-state index contributed by atoms with van der Waals surface area (Å²) in [5.41, 5.74) is 0.926. The number of pyridine rings is 1. The maximum absolute atomic E-state index is 12.3. The Morgan fingerprint density at radius 3 is 2.69 bits per heavy atom. The molecule has 1 aliphatic heterocycles. The standard InChI is InChI=1S/C22H22N4O5S/c1-2-32(28,29)18-5-3-4-16(14-18)26-22(27)25-15-6-8-17(9-7-15)31-19-10-11-23-21-20(19)30-13-12-24-21/h3-11,14H,2,12-13H2,1H3,(H,23,24)(H2,25,26,27). The van der Waals surface area contributed by atoms with Crippen molar-refractivity contribution in [3.63, 3.8) is 0 Å². The summed E-state index contributed by atoms with van der Waals surface area (Å²) in [7, 11) is -3.35. The SMILES string of the molecule is CCS(=O)(=O)c1cccc(NC(=O)Nc2ccc(Oc3ccnc4c3OCCN4)cc2)c1. The molecule has 0 saturated carbocycles. The Morgan fingerprint density at radius 2 is 1.91 bits per heavy atom. The second kappa shape index (κ2) is 9.15. The maximum Gasteiger partial charge on any atom is 0.323 e. The van der Waals surface area contributed by atoms with E-state index in [-0.39, 0.29) is 10.6 Å². The van der Waals surface area contributed by atoms with Crippen LogP contribution in [0.5, 0.6) is 17.2 Å². The van der Waals surface area contributed by atoms with Crippen molar-refractivity contribution in [2.45, 2.75) is 11.8 Å². The molecule has 4 rings (SSSR count). The predicted molar refractivity (Wildman–Crippen MR) is 122 cm³/mol. The van der Waals surface area contributed by atoms with E-state index in [1.165, 1.54) is 12.1 Å². The minimum Gasteiger partial charge on any atom is -0.485 e. The number of urea groups is 1. The van der Waals surface area contributed by atoms with Gasteiger partial charge in [-0.2, -0.15) is 0 Å². The van der Waals surface area contributed by atoms with Gasteiger partial charge in [-0.25, -0.2) is 18.2 Å². The number of benzene rings is 2. The highest BCUT2D eigenvalue weighted by molar-refractivity contribution is 7.91. The maximum atomic E-state index is 12.3. The number of nitrogens with zero attached hydrogens (tertiary/aromatic N) is 1. The zero-order valence-electron chi connectivity index (χ0n) is 17.3. The van der Waals surface area contributed by atoms with Crippen molar-refractivity contribution in [3.05, 3.63) is 60.8 Å². The topological polar surface area (TPSA) is 119 Å². The van der Waals surface area contributed by atoms with Crippen LogP contribution >= 0.6 is 0 Å². The third-order valence-corrected chi connectivity index (χ3v) is 6.41. The average Bonchev–Trinajstić information content (AvgIpc) is 2.81. The number of aromatic nitrogens is 1. The van der Waals surface area contributed by atoms with Crippen molar-refractivity contribution in [2.75, 3.05) is 34.9 Å². The Kier molecular flexibility index (Phi) is 6.13. The van der Waals surface area contributed by atoms with Gasteiger partial charge in [0.2, 0.25) is 5.75 Å². The number of hydrogen-bond donors (Lipinski definition) is 3. The number of nitrogens with one attached hydrogen (secondary N) is 3. The number of rotatable bonds is 6. The minimum atomic E-state index is -3.35. The fraction of sp³-hybridized carbons (Fsp3) is 0.182. The van der Waals surface area contributed by atoms with Crippen LogP contribution in [0, 0.1) is 0 Å². The number of anilines is 3. The van der Waals surface area contributed by atoms with Crippen LogP contribution in [-0.2, 0) is 9.84 Å². The Bertz CT molecular complexity index is 1230. The van der Waals surface area contributed by atoms with Crippen LogP contribution in [0.4, 0.5) is 22.0 Å². The first-order valence-corrected chi connectivity index (χ1v) is 11.6. The van der Waals surface area contributed by atoms with Gasteiger partial charge in [0.1, 0.15) is 12.4 Å². The summed E-state index contributed by atoms with van der Waals surface area (Å²) in [5, 5.41) is 8.49. The van der Waals surface area contributed by atoms with Crippen molar-refractivity contribution in [1.29, 1.82) is 0 Å². The smallest absolute Gasteiger partial charge is 0.323 e. The number of carbonyl (C=O) groups excluding carboxylic acids is 1. The summed E-state index contributed by atoms with van der Waals surface area (Å²) in [5.74, 6) is 2.30. The van der Waals surface area contributed by atoms with E-state index in [2.05, 4.69) is 20.9 Å². The second-order valence-electron chi connectivity index (χ2n) is 6.90. The summed E-state index contributed by atoms with van der Waals surface area (Å²) in [6.45, 7) is 2.79. The highest BCUT2D eigenvalue weighted by Gasteiger charge is 2.17. The molecule has 2 heterocycles. The highest BCUT2D eigenvalue weighted by Crippen LogP contribution is 2.38. The lowest BCUT2D eigenvalue weighted by Crippen LogP contribution is -2.19. The first-order valence-electron chi connectivity index (χ1n) is 9.99. The Balaban J connectivity index is 1.39. The molecule has 3 aromatic rings. The number of fused-ring (bicyclic) bond motifs is 1. The van der Waals surface area contributed by atoms with E-state index >= 15 is 0 Å². The molecule has 1 aromatic heterocycles. The van der Waals surface area contributed by atoms with E-state index in [9.17, 15) is 13.2 Å². The minimum absolute atomic E-state index is 0.0119. The molecular weight excluding hydrogens is 432 g/mol. The number of ether oxygens (including phenoxy) is 2. The van der Waals surface area contributed by atoms with Gasteiger partial charge in [-0.1, -0.05) is 13.0 Å². The summed E-state index contributed by atoms with van der Waals surface area (Å²) in [6.07, 6.45) is 1.64. The van der Waals surface area contributed by atoms with Crippen LogP contribution in [0.1, 0.15) is 6.92 Å². The van der Waals surface area contributed by atoms with E-state index in [1.54, 1.807) is 55.6 Å². The molecule has 2 amide bonds. The van der Waals surface area contributed by atoms with E-state index < -0.39 is 15.9 Å². The first kappa shape index (κ1) is 21.4. The Morgan fingerprint density at radius 1 is 1.12 bits per heavy atom. The molecule has 166 valence electrons. The van der Waals surface area contributed by atoms with Gasteiger partial charge in [0, 0.05) is 23.6 Å². The van der Waals surface area contributed by atoms with Gasteiger partial charge in [0.25, 0.3) is 0 Å². The van der Waals surface area contributed by atoms with E-state index in [0.29, 0.717) is 47.6 Å². The zero-order valence-corrected chi connectivity index (χ0v) is 18.1. The van der Waals surface area contributed by atoms with Crippen molar-refractivity contribution in [1.82, 2.24) is 4.98 Å². The van der Waals surface area contributed by atoms with Gasteiger partial charge in [0.15, 0.2) is 21.4 Å². The molecule has 0 radical (unpaired) electrons. The van der Waals surface area contributed by atoms with E-state index in [0.717, 1.165) is 0 Å². The van der Waals surface area contributed by atoms with Crippen LogP contribution in [-0.4, -0.2) is 38.3 Å². The van der Waals surface area contributed by atoms with Gasteiger partial charge in [-0.3, -0.25) is 0 Å². The molecule has 1 aliphatic rings. The quantitative estimate of drug-likeness (QED) is 0.513. The lowest BCUT2D eigenvalue weighted by atomic mass is 10.3. The molecule has 2 aromatic carbocycles. The molecule has 32 heavy (non-hydrogen) atoms. The molecule has 10 heteroatoms. The van der Waals surface area contributed by atoms with Gasteiger partial charge >= 0.3 is 6.03 Å². The third kappa shape index (κ3) is 4.92. The largest absolute Gasteiger partial charge is 0.485 e. The van der Waals surface area contributed by atoms with Gasteiger partial charge in [-0.15, -0.1) is 0 Å². The van der Waals surface area contributed by atoms with Crippen molar-refractivity contribution < 1.29 is 22.7 Å². The molecule has 0 unspecified atom stereocenters. The molecule has 0 bridgehead atoms. The molecular formula is C22H22N4O5S. The van der Waals surface area contributed by atoms with Crippen molar-refractivity contribution in [3.8, 4) is 17.2 Å². The monoisotopic (exact) mass is 454 g/mol. The summed E-state index contributed by atoms with van der Waals surface area (Å²) < 4.78 is 35.6. The Labute approximate surface area is 185 Å². The second-order valence-corrected chi connectivity index (χ2v) is 9.18. The summed E-state index contributed by atoms with van der Waals surface area (Å²) in [6, 6.07) is 14.2. The average molecular weight is 455 g/mol. The van der Waals surface area contributed by atoms with Crippen molar-refractivity contribution in [2.24, 2.45) is 0 Å². The lowest BCUT2D eigenvalue weighted by molar-refractivity contribution is 0.262. The molecule has 0 aliphatic carbocycles. The van der Waals surface area contributed by atoms with Crippen LogP contribution in [0.15, 0.2) is 65.7 Å². The van der Waals surface area contributed by atoms with Crippen LogP contribution < -0.4 is 25.4 Å². The number of hydrogen-bond acceptors (Lipinski definition) is 7. The third-order valence-electron chi connectivity index (χ3n) is 4.68. The molecule has 0 atom stereocenters. The number of sulfone groups is 1. The normalized spacial score (nSPS) is 12.7. The van der Waals surface area contributed by atoms with E-state index in [4.69, 9.17) is 9.47 Å². The first-order chi connectivity index (χ1) is 15.4. The molecule has 0 saturated heterocycles. The van der Waals surface area contributed by atoms with Crippen LogP contribution in [0.2, 0.25) is 0 Å². The summed E-state index contributed by atoms with van der Waals surface area (Å²) >= 11 is 0. The zero-order chi connectivity index (χ0) is 22.6. The number of carbonyl (C=O) groups is 1. The molecule has 3 N–H and O–H groups in total. The summed E-state index contributed by atoms with van der Waals surface area (Å²) in [4.78, 5) is 16.7. The lowest BCUT2D eigenvalue weighted by Gasteiger charge is -2.20. The number of amides is 2. The van der Waals surface area contributed by atoms with Gasteiger partial charge in [-0.05, 0) is 42.5 Å². The fourth-order valence-corrected chi connectivity index (χ4v) is 3.99. The van der Waals surface area contributed by atoms with Gasteiger partial charge < -0.3 is 25.4 Å². The molecule has 9 nitrogen and oxygen atoms in total. The van der Waals surface area contributed by atoms with Gasteiger partial charge in [0.05, 0.1) is 17.2 Å². The fourth-order valence-electron chi connectivity index (χ4n) is 3.06. The van der Waals surface area contributed by atoms with Crippen molar-refractivity contribution >= 4 is 33.1 Å². The molecule has 0 spiro atoms. The Hall–Kier alpha value is -3.79. The van der Waals surface area contributed by atoms with Crippen LogP contribution in [0.3, 0.4) is 0 Å². The highest BCUT2D eigenvalue weighted by atomic mass is 32.2. The predicted octanol–water partition coefficient (Wildman–Crippen LogP) is 4.12.